The topological polar surface area (TPSA) is 84.2 Å². The number of rotatable bonds is 8. The fraction of sp³-hybridized carbons (Fsp3) is 0.500. The van der Waals surface area contributed by atoms with E-state index in [0.717, 1.165) is 6.42 Å². The van der Waals surface area contributed by atoms with Crippen LogP contribution in [0.3, 0.4) is 0 Å². The summed E-state index contributed by atoms with van der Waals surface area (Å²) in [4.78, 5) is 24.5. The van der Waals surface area contributed by atoms with Crippen LogP contribution in [0, 0.1) is 5.92 Å². The van der Waals surface area contributed by atoms with Crippen LogP contribution in [0.2, 0.25) is 5.02 Å². The molecule has 0 bridgehead atoms. The van der Waals surface area contributed by atoms with E-state index in [1.807, 2.05) is 13.8 Å². The summed E-state index contributed by atoms with van der Waals surface area (Å²) in [6.07, 6.45) is 1.50. The Hall–Kier alpha value is -1.30. The average Bonchev–Trinajstić information content (AvgIpc) is 2.52. The van der Waals surface area contributed by atoms with Gasteiger partial charge in [0.15, 0.2) is 0 Å². The van der Waals surface area contributed by atoms with Gasteiger partial charge in [0, 0.05) is 17.1 Å². The first kappa shape index (κ1) is 21.7. The van der Waals surface area contributed by atoms with Gasteiger partial charge in [-0.15, -0.1) is 12.4 Å². The summed E-state index contributed by atoms with van der Waals surface area (Å²) in [5, 5.41) is 6.18. The maximum atomic E-state index is 12.3. The van der Waals surface area contributed by atoms with Gasteiger partial charge in [-0.05, 0) is 43.1 Å². The van der Waals surface area contributed by atoms with Gasteiger partial charge in [-0.25, -0.2) is 0 Å². The second-order valence-corrected chi connectivity index (χ2v) is 5.71. The minimum absolute atomic E-state index is 0. The van der Waals surface area contributed by atoms with Crippen molar-refractivity contribution in [1.29, 1.82) is 0 Å². The van der Waals surface area contributed by atoms with E-state index in [1.54, 1.807) is 24.3 Å². The smallest absolute Gasteiger partial charge is 0.251 e. The summed E-state index contributed by atoms with van der Waals surface area (Å²) in [5.74, 6) is -0.421. The number of carbonyl (C=O) groups is 2. The molecule has 0 aromatic heterocycles. The van der Waals surface area contributed by atoms with Gasteiger partial charge in [0.2, 0.25) is 5.91 Å². The Labute approximate surface area is 148 Å². The van der Waals surface area contributed by atoms with E-state index in [2.05, 4.69) is 10.6 Å². The van der Waals surface area contributed by atoms with E-state index in [-0.39, 0.29) is 30.1 Å². The first-order chi connectivity index (χ1) is 10.5. The van der Waals surface area contributed by atoms with Crippen LogP contribution >= 0.6 is 24.0 Å². The minimum Gasteiger partial charge on any atom is -0.354 e. The first-order valence-electron chi connectivity index (χ1n) is 7.53. The van der Waals surface area contributed by atoms with Gasteiger partial charge in [0.1, 0.15) is 6.04 Å². The maximum Gasteiger partial charge on any atom is 0.251 e. The molecule has 1 aromatic carbocycles. The number of benzene rings is 1. The monoisotopic (exact) mass is 361 g/mol. The molecule has 2 amide bonds. The van der Waals surface area contributed by atoms with Crippen molar-refractivity contribution in [1.82, 2.24) is 10.6 Å². The van der Waals surface area contributed by atoms with Crippen molar-refractivity contribution < 1.29 is 9.59 Å². The van der Waals surface area contributed by atoms with Gasteiger partial charge in [0.05, 0.1) is 0 Å². The fourth-order valence-electron chi connectivity index (χ4n) is 1.95. The van der Waals surface area contributed by atoms with Crippen molar-refractivity contribution in [2.45, 2.75) is 32.7 Å². The van der Waals surface area contributed by atoms with Crippen LogP contribution in [-0.4, -0.2) is 30.9 Å². The molecular formula is C16H25Cl2N3O2. The zero-order valence-corrected chi connectivity index (χ0v) is 15.0. The highest BCUT2D eigenvalue weighted by Crippen LogP contribution is 2.12. The summed E-state index contributed by atoms with van der Waals surface area (Å²) in [6.45, 7) is 4.96. The first-order valence-corrected chi connectivity index (χ1v) is 7.91. The predicted octanol–water partition coefficient (Wildman–Crippen LogP) is 2.37. The van der Waals surface area contributed by atoms with E-state index >= 15 is 0 Å². The van der Waals surface area contributed by atoms with E-state index in [0.29, 0.717) is 30.1 Å². The second-order valence-electron chi connectivity index (χ2n) is 5.28. The standard InChI is InChI=1S/C16H24ClN3O2.ClH/c1-3-11(2)14(16(22)19-10-4-9-18)20-15(21)12-5-7-13(17)8-6-12;/h5-8,11,14H,3-4,9-10,18H2,1-2H3,(H,19,22)(H,20,21);1H. The second kappa shape index (κ2) is 11.3. The number of amides is 2. The zero-order valence-electron chi connectivity index (χ0n) is 13.5. The normalized spacial score (nSPS) is 12.7. The average molecular weight is 362 g/mol. The number of nitrogens with one attached hydrogen (secondary N) is 2. The Morgan fingerprint density at radius 3 is 2.39 bits per heavy atom. The molecule has 0 aliphatic heterocycles. The number of halogens is 2. The molecule has 1 rings (SSSR count). The molecule has 4 N–H and O–H groups in total. The Bertz CT molecular complexity index is 495. The van der Waals surface area contributed by atoms with Gasteiger partial charge >= 0.3 is 0 Å². The summed E-state index contributed by atoms with van der Waals surface area (Å²) in [6, 6.07) is 6.01. The van der Waals surface area contributed by atoms with Gasteiger partial charge < -0.3 is 16.4 Å². The molecule has 7 heteroatoms. The van der Waals surface area contributed by atoms with Crippen molar-refractivity contribution in [3.63, 3.8) is 0 Å². The van der Waals surface area contributed by atoms with Crippen molar-refractivity contribution >= 4 is 35.8 Å². The van der Waals surface area contributed by atoms with Crippen LogP contribution in [0.25, 0.3) is 0 Å². The lowest BCUT2D eigenvalue weighted by atomic mass is 9.98. The lowest BCUT2D eigenvalue weighted by Crippen LogP contribution is -2.50. The molecular weight excluding hydrogens is 337 g/mol. The largest absolute Gasteiger partial charge is 0.354 e. The Kier molecular flexibility index (Phi) is 10.6. The van der Waals surface area contributed by atoms with Crippen LogP contribution in [0.4, 0.5) is 0 Å². The minimum atomic E-state index is -0.564. The molecule has 1 aromatic rings. The lowest BCUT2D eigenvalue weighted by Gasteiger charge is -2.23. The number of hydrogen-bond donors (Lipinski definition) is 3. The van der Waals surface area contributed by atoms with Crippen molar-refractivity contribution in [2.24, 2.45) is 11.7 Å². The molecule has 0 aliphatic carbocycles. The molecule has 0 aliphatic rings. The van der Waals surface area contributed by atoms with Crippen molar-refractivity contribution in [2.75, 3.05) is 13.1 Å². The van der Waals surface area contributed by atoms with Crippen molar-refractivity contribution in [3.05, 3.63) is 34.9 Å². The van der Waals surface area contributed by atoms with Crippen LogP contribution in [0.5, 0.6) is 0 Å². The van der Waals surface area contributed by atoms with E-state index in [4.69, 9.17) is 17.3 Å². The highest BCUT2D eigenvalue weighted by Gasteiger charge is 2.25. The number of nitrogens with two attached hydrogens (primary N) is 1. The van der Waals surface area contributed by atoms with Gasteiger partial charge in [-0.3, -0.25) is 9.59 Å². The summed E-state index contributed by atoms with van der Waals surface area (Å²) in [5.41, 5.74) is 5.89. The van der Waals surface area contributed by atoms with E-state index < -0.39 is 6.04 Å². The third-order valence-electron chi connectivity index (χ3n) is 3.57. The summed E-state index contributed by atoms with van der Waals surface area (Å²) in [7, 11) is 0. The Morgan fingerprint density at radius 2 is 1.87 bits per heavy atom. The molecule has 0 heterocycles. The van der Waals surface area contributed by atoms with Gasteiger partial charge in [0.25, 0.3) is 5.91 Å². The highest BCUT2D eigenvalue weighted by atomic mass is 35.5. The van der Waals surface area contributed by atoms with E-state index in [1.165, 1.54) is 0 Å². The lowest BCUT2D eigenvalue weighted by molar-refractivity contribution is -0.124. The van der Waals surface area contributed by atoms with Gasteiger partial charge in [-0.2, -0.15) is 0 Å². The molecule has 0 radical (unpaired) electrons. The molecule has 0 saturated heterocycles. The quantitative estimate of drug-likeness (QED) is 0.621. The number of hydrogen-bond acceptors (Lipinski definition) is 3. The molecule has 0 saturated carbocycles. The molecule has 0 fully saturated rings. The van der Waals surface area contributed by atoms with Crippen LogP contribution in [-0.2, 0) is 4.79 Å². The Balaban J connectivity index is 0.00000484. The van der Waals surface area contributed by atoms with Crippen LogP contribution in [0.1, 0.15) is 37.0 Å². The number of carbonyl (C=O) groups excluding carboxylic acids is 2. The van der Waals surface area contributed by atoms with Gasteiger partial charge in [-0.1, -0.05) is 31.9 Å². The molecule has 2 unspecified atom stereocenters. The Morgan fingerprint density at radius 1 is 1.26 bits per heavy atom. The van der Waals surface area contributed by atoms with Crippen molar-refractivity contribution in [3.8, 4) is 0 Å². The molecule has 0 spiro atoms. The summed E-state index contributed by atoms with van der Waals surface area (Å²) < 4.78 is 0. The zero-order chi connectivity index (χ0) is 16.5. The molecule has 2 atom stereocenters. The summed E-state index contributed by atoms with van der Waals surface area (Å²) >= 11 is 5.81. The third-order valence-corrected chi connectivity index (χ3v) is 3.82. The molecule has 5 nitrogen and oxygen atoms in total. The molecule has 23 heavy (non-hydrogen) atoms. The predicted molar refractivity (Wildman–Crippen MR) is 96.1 cm³/mol. The highest BCUT2D eigenvalue weighted by molar-refractivity contribution is 6.30. The molecule has 130 valence electrons. The fourth-order valence-corrected chi connectivity index (χ4v) is 2.08. The maximum absolute atomic E-state index is 12.3. The van der Waals surface area contributed by atoms with E-state index in [9.17, 15) is 9.59 Å². The van der Waals surface area contributed by atoms with Crippen LogP contribution < -0.4 is 16.4 Å². The van der Waals surface area contributed by atoms with Crippen LogP contribution in [0.15, 0.2) is 24.3 Å². The third kappa shape index (κ3) is 7.20. The SMILES string of the molecule is CCC(C)C(NC(=O)c1ccc(Cl)cc1)C(=O)NCCCN.Cl.